The molecule has 2 heterocycles. The van der Waals surface area contributed by atoms with Gasteiger partial charge in [-0.1, -0.05) is 43.7 Å². The fraction of sp³-hybridized carbons (Fsp3) is 0.565. The van der Waals surface area contributed by atoms with Gasteiger partial charge in [0.15, 0.2) is 12.1 Å². The summed E-state index contributed by atoms with van der Waals surface area (Å²) < 4.78 is 17.2. The Morgan fingerprint density at radius 3 is 2.76 bits per heavy atom. The maximum atomic E-state index is 12.2. The molecule has 0 aliphatic carbocycles. The minimum absolute atomic E-state index is 0.0550. The van der Waals surface area contributed by atoms with Crippen LogP contribution in [0.3, 0.4) is 0 Å². The van der Waals surface area contributed by atoms with Crippen LogP contribution in [-0.2, 0) is 30.4 Å². The maximum Gasteiger partial charge on any atom is 0.308 e. The van der Waals surface area contributed by atoms with E-state index in [1.807, 2.05) is 57.2 Å². The fourth-order valence-electron chi connectivity index (χ4n) is 3.82. The smallest absolute Gasteiger partial charge is 0.308 e. The molecule has 2 aliphatic heterocycles. The third kappa shape index (κ3) is 5.90. The lowest BCUT2D eigenvalue weighted by Crippen LogP contribution is -2.42. The number of carbonyl (C=O) groups is 2. The summed E-state index contributed by atoms with van der Waals surface area (Å²) in [5, 5.41) is 0. The summed E-state index contributed by atoms with van der Waals surface area (Å²) >= 11 is 0. The molecule has 0 spiro atoms. The molecule has 6 nitrogen and oxygen atoms in total. The van der Waals surface area contributed by atoms with Crippen molar-refractivity contribution in [2.24, 2.45) is 5.92 Å². The van der Waals surface area contributed by atoms with Crippen molar-refractivity contribution in [2.75, 3.05) is 13.1 Å². The van der Waals surface area contributed by atoms with E-state index in [9.17, 15) is 9.59 Å². The molecular formula is C23H31NO5. The Labute approximate surface area is 172 Å². The van der Waals surface area contributed by atoms with E-state index >= 15 is 0 Å². The van der Waals surface area contributed by atoms with E-state index in [4.69, 9.17) is 14.2 Å². The zero-order valence-corrected chi connectivity index (χ0v) is 17.5. The Morgan fingerprint density at radius 1 is 1.28 bits per heavy atom. The highest BCUT2D eigenvalue weighted by Crippen LogP contribution is 2.33. The predicted octanol–water partition coefficient (Wildman–Crippen LogP) is 3.45. The predicted molar refractivity (Wildman–Crippen MR) is 109 cm³/mol. The molecule has 3 rings (SSSR count). The van der Waals surface area contributed by atoms with Crippen molar-refractivity contribution in [2.45, 2.75) is 64.6 Å². The van der Waals surface area contributed by atoms with Gasteiger partial charge in [-0.05, 0) is 38.3 Å². The number of esters is 1. The van der Waals surface area contributed by atoms with Crippen LogP contribution in [-0.4, -0.2) is 48.2 Å². The number of aldehydes is 1. The second-order valence-electron chi connectivity index (χ2n) is 8.28. The van der Waals surface area contributed by atoms with E-state index in [0.29, 0.717) is 18.8 Å². The second-order valence-corrected chi connectivity index (χ2v) is 8.28. The average Bonchev–Trinajstić information content (AvgIpc) is 3.01. The first kappa shape index (κ1) is 21.5. The molecule has 158 valence electrons. The summed E-state index contributed by atoms with van der Waals surface area (Å²) in [7, 11) is 0. The highest BCUT2D eigenvalue weighted by Gasteiger charge is 2.43. The number of benzene rings is 1. The quantitative estimate of drug-likeness (QED) is 0.359. The molecule has 1 fully saturated rings. The second kappa shape index (κ2) is 9.55. The topological polar surface area (TPSA) is 65.1 Å². The van der Waals surface area contributed by atoms with Gasteiger partial charge in [0.1, 0.15) is 18.8 Å². The first-order valence-electron chi connectivity index (χ1n) is 10.4. The molecule has 0 unspecified atom stereocenters. The lowest BCUT2D eigenvalue weighted by atomic mass is 10.0. The van der Waals surface area contributed by atoms with Gasteiger partial charge in [0.25, 0.3) is 0 Å². The lowest BCUT2D eigenvalue weighted by Gasteiger charge is -2.32. The number of hydrogen-bond donors (Lipinski definition) is 0. The van der Waals surface area contributed by atoms with E-state index in [2.05, 4.69) is 4.90 Å². The van der Waals surface area contributed by atoms with Crippen molar-refractivity contribution in [3.8, 4) is 0 Å². The van der Waals surface area contributed by atoms with Crippen LogP contribution in [0, 0.1) is 5.92 Å². The zero-order chi connectivity index (χ0) is 20.9. The van der Waals surface area contributed by atoms with Crippen molar-refractivity contribution in [1.82, 2.24) is 4.90 Å². The van der Waals surface area contributed by atoms with Gasteiger partial charge in [-0.3, -0.25) is 9.59 Å². The SMILES string of the molecule is C[C@@H](CCCCN1C[C@H]2OC(C)(C)O[C@H]2C=C1C=O)C(=O)OCc1ccccc1. The van der Waals surface area contributed by atoms with Crippen molar-refractivity contribution in [3.05, 3.63) is 47.7 Å². The summed E-state index contributed by atoms with van der Waals surface area (Å²) in [6.07, 6.45) is 5.07. The Hall–Kier alpha value is -2.18. The maximum absolute atomic E-state index is 12.2. The molecule has 3 atom stereocenters. The van der Waals surface area contributed by atoms with Crippen LogP contribution in [0.5, 0.6) is 0 Å². The van der Waals surface area contributed by atoms with E-state index in [0.717, 1.165) is 37.7 Å². The third-order valence-corrected chi connectivity index (χ3v) is 5.38. The van der Waals surface area contributed by atoms with Crippen molar-refractivity contribution in [1.29, 1.82) is 0 Å². The molecule has 0 N–H and O–H groups in total. The molecular weight excluding hydrogens is 370 g/mol. The summed E-state index contributed by atoms with van der Waals surface area (Å²) in [6.45, 7) is 7.40. The first-order chi connectivity index (χ1) is 13.9. The number of fused-ring (bicyclic) bond motifs is 1. The van der Waals surface area contributed by atoms with Gasteiger partial charge < -0.3 is 19.1 Å². The molecule has 0 radical (unpaired) electrons. The van der Waals surface area contributed by atoms with E-state index < -0.39 is 5.79 Å². The van der Waals surface area contributed by atoms with Gasteiger partial charge in [-0.25, -0.2) is 0 Å². The van der Waals surface area contributed by atoms with E-state index in [1.165, 1.54) is 0 Å². The minimum Gasteiger partial charge on any atom is -0.461 e. The molecule has 6 heteroatoms. The first-order valence-corrected chi connectivity index (χ1v) is 10.4. The van der Waals surface area contributed by atoms with Crippen molar-refractivity contribution >= 4 is 12.3 Å². The number of unbranched alkanes of at least 4 members (excludes halogenated alkanes) is 1. The Bertz CT molecular complexity index is 730. The molecule has 1 aromatic rings. The lowest BCUT2D eigenvalue weighted by molar-refractivity contribution is -0.149. The number of nitrogens with zero attached hydrogens (tertiary/aromatic N) is 1. The zero-order valence-electron chi connectivity index (χ0n) is 17.5. The van der Waals surface area contributed by atoms with Gasteiger partial charge in [0.2, 0.25) is 0 Å². The van der Waals surface area contributed by atoms with Crippen LogP contribution >= 0.6 is 0 Å². The number of hydrogen-bond acceptors (Lipinski definition) is 6. The van der Waals surface area contributed by atoms with E-state index in [1.54, 1.807) is 0 Å². The molecule has 0 aromatic heterocycles. The van der Waals surface area contributed by atoms with Crippen molar-refractivity contribution < 1.29 is 23.8 Å². The molecule has 0 amide bonds. The highest BCUT2D eigenvalue weighted by atomic mass is 16.8. The fourth-order valence-corrected chi connectivity index (χ4v) is 3.82. The molecule has 0 bridgehead atoms. The Kier molecular flexibility index (Phi) is 7.09. The molecule has 0 saturated carbocycles. The standard InChI is InChI=1S/C23H31NO5/c1-17(22(26)27-16-18-10-5-4-6-11-18)9-7-8-12-24-14-21-20(13-19(24)15-25)28-23(2,3)29-21/h4-6,10-11,13,15,17,20-21H,7-9,12,14,16H2,1-3H3/t17-,20-,21+/m0/s1. The third-order valence-electron chi connectivity index (χ3n) is 5.38. The number of carbonyl (C=O) groups excluding carboxylic acids is 2. The van der Waals surface area contributed by atoms with Crippen LogP contribution < -0.4 is 0 Å². The molecule has 1 saturated heterocycles. The van der Waals surface area contributed by atoms with Gasteiger partial charge in [0, 0.05) is 13.1 Å². The van der Waals surface area contributed by atoms with Crippen LogP contribution in [0.2, 0.25) is 0 Å². The van der Waals surface area contributed by atoms with Crippen molar-refractivity contribution in [3.63, 3.8) is 0 Å². The minimum atomic E-state index is -0.620. The monoisotopic (exact) mass is 401 g/mol. The molecule has 29 heavy (non-hydrogen) atoms. The van der Waals surface area contributed by atoms with Gasteiger partial charge in [0.05, 0.1) is 11.6 Å². The Balaban J connectivity index is 1.39. The van der Waals surface area contributed by atoms with Crippen LogP contribution in [0.25, 0.3) is 0 Å². The van der Waals surface area contributed by atoms with Gasteiger partial charge >= 0.3 is 5.97 Å². The summed E-state index contributed by atoms with van der Waals surface area (Å²) in [5.74, 6) is -0.925. The Morgan fingerprint density at radius 2 is 2.03 bits per heavy atom. The van der Waals surface area contributed by atoms with Crippen LogP contribution in [0.15, 0.2) is 42.1 Å². The molecule has 2 aliphatic rings. The molecule has 1 aromatic carbocycles. The normalized spacial score (nSPS) is 23.8. The number of rotatable bonds is 9. The largest absolute Gasteiger partial charge is 0.461 e. The van der Waals surface area contributed by atoms with Gasteiger partial charge in [-0.15, -0.1) is 0 Å². The summed E-state index contributed by atoms with van der Waals surface area (Å²) in [5.41, 5.74) is 1.65. The van der Waals surface area contributed by atoms with E-state index in [-0.39, 0.29) is 24.1 Å². The van der Waals surface area contributed by atoms with Gasteiger partial charge in [-0.2, -0.15) is 0 Å². The van der Waals surface area contributed by atoms with Crippen LogP contribution in [0.1, 0.15) is 45.6 Å². The van der Waals surface area contributed by atoms with Crippen LogP contribution in [0.4, 0.5) is 0 Å². The summed E-state index contributed by atoms with van der Waals surface area (Å²) in [4.78, 5) is 25.7. The average molecular weight is 402 g/mol. The number of allylic oxidation sites excluding steroid dienone is 1. The summed E-state index contributed by atoms with van der Waals surface area (Å²) in [6, 6.07) is 9.69. The highest BCUT2D eigenvalue weighted by molar-refractivity contribution is 5.73. The number of ether oxygens (including phenoxy) is 3.